The molecule has 8 atom stereocenters. The molecule has 0 aromatic carbocycles. The summed E-state index contributed by atoms with van der Waals surface area (Å²) in [5, 5.41) is 0. The van der Waals surface area contributed by atoms with E-state index in [0.717, 1.165) is 57.8 Å². The summed E-state index contributed by atoms with van der Waals surface area (Å²) in [7, 11) is -4.49. The van der Waals surface area contributed by atoms with Crippen molar-refractivity contribution in [2.75, 3.05) is 24.8 Å². The van der Waals surface area contributed by atoms with Crippen LogP contribution in [0.1, 0.15) is 71.6 Å². The summed E-state index contributed by atoms with van der Waals surface area (Å²) < 4.78 is 22.8. The fraction of sp³-hybridized carbons (Fsp3) is 0.958. The number of carbonyl (C=O) groups is 1. The number of ether oxygens (including phenoxy) is 1. The van der Waals surface area contributed by atoms with Gasteiger partial charge in [0.25, 0.3) is 0 Å². The van der Waals surface area contributed by atoms with Gasteiger partial charge in [-0.25, -0.2) is 9.36 Å². The molecule has 1 amide bonds. The first-order chi connectivity index (χ1) is 16.0. The molecule has 0 aromatic heterocycles. The number of alkyl halides is 2. The lowest BCUT2D eigenvalue weighted by Crippen LogP contribution is -2.55. The van der Waals surface area contributed by atoms with Crippen LogP contribution in [0, 0.1) is 34.5 Å². The molecule has 196 valence electrons. The van der Waals surface area contributed by atoms with E-state index in [0.29, 0.717) is 48.5 Å². The summed E-state index contributed by atoms with van der Waals surface area (Å²) in [6.07, 6.45) is 8.12. The molecule has 0 unspecified atom stereocenters. The molecule has 7 nitrogen and oxygen atoms in total. The van der Waals surface area contributed by atoms with E-state index in [1.165, 1.54) is 0 Å². The van der Waals surface area contributed by atoms with Crippen molar-refractivity contribution in [1.29, 1.82) is 0 Å². The number of halogens is 2. The van der Waals surface area contributed by atoms with Crippen molar-refractivity contribution in [3.05, 3.63) is 0 Å². The van der Waals surface area contributed by atoms with E-state index < -0.39 is 7.82 Å². The van der Waals surface area contributed by atoms with Crippen LogP contribution in [0.25, 0.3) is 0 Å². The number of carbonyl (C=O) groups excluding carboxylic acids is 1. The fourth-order valence-corrected chi connectivity index (χ4v) is 9.42. The molecule has 4 aliphatic rings. The summed E-state index contributed by atoms with van der Waals surface area (Å²) in [6.45, 7) is 5.52. The number of nitrogens with zero attached hydrogens (tertiary/aromatic N) is 1. The van der Waals surface area contributed by atoms with E-state index in [1.807, 2.05) is 0 Å². The Bertz CT molecular complexity index is 791. The van der Waals surface area contributed by atoms with E-state index in [9.17, 15) is 19.1 Å². The van der Waals surface area contributed by atoms with Gasteiger partial charge in [0.05, 0.1) is 6.10 Å². The maximum atomic E-state index is 12.7. The van der Waals surface area contributed by atoms with E-state index in [4.69, 9.17) is 32.5 Å². The fourth-order valence-electron chi connectivity index (χ4n) is 8.33. The van der Waals surface area contributed by atoms with Crippen LogP contribution in [0.15, 0.2) is 0 Å². The molecule has 34 heavy (non-hydrogen) atoms. The minimum Gasteiger partial charge on any atom is -0.446 e. The average Bonchev–Trinajstić information content (AvgIpc) is 3.08. The van der Waals surface area contributed by atoms with E-state index in [1.54, 1.807) is 4.90 Å². The van der Waals surface area contributed by atoms with Gasteiger partial charge in [-0.1, -0.05) is 13.8 Å². The molecule has 4 rings (SSSR count). The Balaban J connectivity index is 1.41. The Morgan fingerprint density at radius 2 is 1.62 bits per heavy atom. The minimum atomic E-state index is -4.49. The maximum absolute atomic E-state index is 12.7. The van der Waals surface area contributed by atoms with Crippen molar-refractivity contribution in [2.24, 2.45) is 34.5 Å². The molecule has 4 fully saturated rings. The second kappa shape index (κ2) is 10.4. The number of hydrogen-bond donors (Lipinski definition) is 2. The Labute approximate surface area is 213 Å². The van der Waals surface area contributed by atoms with Crippen LogP contribution >= 0.6 is 31.0 Å². The molecular weight excluding hydrogens is 500 g/mol. The molecular formula is C24H40Cl2NO6P. The Kier molecular flexibility index (Phi) is 8.24. The van der Waals surface area contributed by atoms with Crippen LogP contribution in [0.5, 0.6) is 0 Å². The summed E-state index contributed by atoms with van der Waals surface area (Å²) >= 11 is 11.7. The van der Waals surface area contributed by atoms with Gasteiger partial charge in [0.2, 0.25) is 0 Å². The van der Waals surface area contributed by atoms with Crippen molar-refractivity contribution in [1.82, 2.24) is 4.90 Å². The van der Waals surface area contributed by atoms with Crippen molar-refractivity contribution in [3.63, 3.8) is 0 Å². The third-order valence-electron chi connectivity index (χ3n) is 10.0. The van der Waals surface area contributed by atoms with Crippen molar-refractivity contribution < 1.29 is 28.4 Å². The van der Waals surface area contributed by atoms with Gasteiger partial charge in [0.1, 0.15) is 6.10 Å². The van der Waals surface area contributed by atoms with Gasteiger partial charge < -0.3 is 19.4 Å². The summed E-state index contributed by atoms with van der Waals surface area (Å²) in [5.41, 5.74) is 0.0633. The zero-order chi connectivity index (χ0) is 24.7. The molecule has 4 aliphatic carbocycles. The number of phosphoric ester groups is 1. The van der Waals surface area contributed by atoms with Gasteiger partial charge in [0.15, 0.2) is 0 Å². The number of amides is 1. The minimum absolute atomic E-state index is 0.0587. The normalized spacial score (nSPS) is 41.8. The lowest BCUT2D eigenvalue weighted by atomic mass is 9.45. The summed E-state index contributed by atoms with van der Waals surface area (Å²) in [4.78, 5) is 33.1. The lowest BCUT2D eigenvalue weighted by Gasteiger charge is -2.60. The van der Waals surface area contributed by atoms with Gasteiger partial charge in [0, 0.05) is 24.8 Å². The summed E-state index contributed by atoms with van der Waals surface area (Å²) in [6, 6.07) is 0. The molecule has 10 heteroatoms. The third kappa shape index (κ3) is 5.17. The highest BCUT2D eigenvalue weighted by Gasteiger charge is 2.61. The number of rotatable bonds is 7. The second-order valence-electron chi connectivity index (χ2n) is 11.5. The number of hydrogen-bond acceptors (Lipinski definition) is 4. The van der Waals surface area contributed by atoms with Gasteiger partial charge >= 0.3 is 13.9 Å². The quantitative estimate of drug-likeness (QED) is 0.314. The maximum Gasteiger partial charge on any atom is 0.469 e. The third-order valence-corrected chi connectivity index (χ3v) is 10.9. The molecule has 0 heterocycles. The molecule has 0 spiro atoms. The molecule has 2 N–H and O–H groups in total. The van der Waals surface area contributed by atoms with Gasteiger partial charge in [-0.05, 0) is 92.3 Å². The molecule has 4 saturated carbocycles. The van der Waals surface area contributed by atoms with Crippen LogP contribution < -0.4 is 0 Å². The largest absolute Gasteiger partial charge is 0.469 e. The van der Waals surface area contributed by atoms with Crippen LogP contribution in [-0.2, 0) is 13.8 Å². The predicted molar refractivity (Wildman–Crippen MR) is 132 cm³/mol. The Hall–Kier alpha value is -0.0400. The van der Waals surface area contributed by atoms with Gasteiger partial charge in [-0.15, -0.1) is 23.2 Å². The number of phosphoric acid groups is 1. The number of fused-ring (bicyclic) bond motifs is 5. The smallest absolute Gasteiger partial charge is 0.446 e. The SMILES string of the molecule is C[C@]12CC[C@H](OC(=O)N(CCCl)CCCl)C[C@@H]1CC[C@@H]1[C@@H]2CC[C@]2(C)[C@@H](OP(=O)(O)O)CC[C@@H]12. The van der Waals surface area contributed by atoms with Gasteiger partial charge in [-0.3, -0.25) is 4.52 Å². The Morgan fingerprint density at radius 1 is 0.971 bits per heavy atom. The van der Waals surface area contributed by atoms with Crippen LogP contribution in [0.4, 0.5) is 4.79 Å². The molecule has 0 radical (unpaired) electrons. The monoisotopic (exact) mass is 539 g/mol. The van der Waals surface area contributed by atoms with Crippen molar-refractivity contribution in [3.8, 4) is 0 Å². The van der Waals surface area contributed by atoms with Crippen LogP contribution in [0.3, 0.4) is 0 Å². The molecule has 0 bridgehead atoms. The van der Waals surface area contributed by atoms with Crippen LogP contribution in [-0.4, -0.2) is 57.8 Å². The van der Waals surface area contributed by atoms with E-state index >= 15 is 0 Å². The first-order valence-electron chi connectivity index (χ1n) is 12.8. The second-order valence-corrected chi connectivity index (χ2v) is 13.5. The highest BCUT2D eigenvalue weighted by atomic mass is 35.5. The standard InChI is InChI=1S/C24H40Cl2NO6P/c1-23-9-7-17(32-22(28)27(13-11-25)14-12-26)15-16(23)3-4-18-19-5-6-21(33-34(29,30)31)24(19,2)10-8-20(18)23/h16-21H,3-15H2,1-2H3,(H2,29,30,31)/t16-,17-,18-,19-,20-,21-,23-,24-/m0/s1. The zero-order valence-corrected chi connectivity index (χ0v) is 22.7. The van der Waals surface area contributed by atoms with Crippen LogP contribution in [0.2, 0.25) is 0 Å². The first-order valence-corrected chi connectivity index (χ1v) is 15.4. The predicted octanol–water partition coefficient (Wildman–Crippen LogP) is 5.79. The highest BCUT2D eigenvalue weighted by Crippen LogP contribution is 2.67. The molecule has 0 aliphatic heterocycles. The first kappa shape index (κ1) is 27.0. The highest BCUT2D eigenvalue weighted by molar-refractivity contribution is 7.46. The topological polar surface area (TPSA) is 96.3 Å². The lowest BCUT2D eigenvalue weighted by molar-refractivity contribution is -0.134. The average molecular weight is 540 g/mol. The zero-order valence-electron chi connectivity index (χ0n) is 20.3. The van der Waals surface area contributed by atoms with Crippen molar-refractivity contribution >= 4 is 37.1 Å². The molecule has 0 aromatic rings. The van der Waals surface area contributed by atoms with E-state index in [2.05, 4.69) is 13.8 Å². The van der Waals surface area contributed by atoms with E-state index in [-0.39, 0.29) is 29.1 Å². The summed E-state index contributed by atoms with van der Waals surface area (Å²) in [5.74, 6) is 2.89. The van der Waals surface area contributed by atoms with Gasteiger partial charge in [-0.2, -0.15) is 0 Å². The Morgan fingerprint density at radius 3 is 2.26 bits per heavy atom. The van der Waals surface area contributed by atoms with Crippen molar-refractivity contribution in [2.45, 2.75) is 83.8 Å². The molecule has 0 saturated heterocycles.